The lowest BCUT2D eigenvalue weighted by atomic mass is 9.99. The fourth-order valence-electron chi connectivity index (χ4n) is 12.3. The number of allylic oxidation sites excluding steroid dienone is 11. The maximum Gasteiger partial charge on any atom is 0.305 e. The van der Waals surface area contributed by atoms with Crippen LogP contribution in [-0.4, -0.2) is 100 Å². The number of amides is 1. The van der Waals surface area contributed by atoms with Crippen LogP contribution in [0.2, 0.25) is 0 Å². The van der Waals surface area contributed by atoms with E-state index < -0.39 is 49.5 Å². The molecule has 6 N–H and O–H groups in total. The Kier molecular flexibility index (Phi) is 66.7. The monoisotopic (exact) mass is 1310 g/mol. The van der Waals surface area contributed by atoms with E-state index in [1.807, 2.05) is 6.08 Å². The number of aliphatic hydroxyl groups is 5. The van der Waals surface area contributed by atoms with Crippen LogP contribution in [0.5, 0.6) is 0 Å². The van der Waals surface area contributed by atoms with E-state index in [0.717, 1.165) is 70.6 Å². The van der Waals surface area contributed by atoms with Gasteiger partial charge in [0.2, 0.25) is 5.91 Å². The van der Waals surface area contributed by atoms with Gasteiger partial charge in [-0.05, 0) is 103 Å². The molecule has 0 aromatic rings. The number of rotatable bonds is 70. The highest BCUT2D eigenvalue weighted by Crippen LogP contribution is 2.23. The predicted molar refractivity (Wildman–Crippen MR) is 393 cm³/mol. The molecule has 0 spiro atoms. The van der Waals surface area contributed by atoms with Crippen LogP contribution in [0.1, 0.15) is 373 Å². The van der Waals surface area contributed by atoms with Crippen molar-refractivity contribution in [2.75, 3.05) is 19.8 Å². The Balaban J connectivity index is 1.93. The lowest BCUT2D eigenvalue weighted by Gasteiger charge is -2.40. The third kappa shape index (κ3) is 58.9. The Morgan fingerprint density at radius 2 is 0.742 bits per heavy atom. The van der Waals surface area contributed by atoms with E-state index in [4.69, 9.17) is 14.2 Å². The standard InChI is InChI=1S/C82H149NO10/c1-3-5-7-9-11-13-15-17-44-48-52-56-60-64-68-75(85)74(73-92-82-81(90)80(89)79(88)76(72-84)93-82)83-77(86)69-65-61-57-53-49-45-42-40-38-36-34-32-30-28-26-24-22-20-19-21-23-25-27-29-31-33-35-37-39-41-43-47-51-55-59-63-67-71-91-78(87)70-66-62-58-54-50-46-18-16-14-12-10-8-6-4-2/h10,12,16,18-19,21,25,27,48,52,64,68,74-76,79-82,84-85,88-90H,3-9,11,13-15,17,20,22-24,26,28-47,49-51,53-63,65-67,69-73H2,1-2H3,(H,83,86)/b12-10-,18-16-,21-19-,27-25-,52-48+,68-64+. The predicted octanol–water partition coefficient (Wildman–Crippen LogP) is 21.4. The molecule has 0 bridgehead atoms. The summed E-state index contributed by atoms with van der Waals surface area (Å²) in [6.07, 6.45) is 86.4. The second-order valence-electron chi connectivity index (χ2n) is 27.4. The molecule has 1 rings (SSSR count). The van der Waals surface area contributed by atoms with Crippen LogP contribution in [0.3, 0.4) is 0 Å². The summed E-state index contributed by atoms with van der Waals surface area (Å²) in [5.41, 5.74) is 0. The summed E-state index contributed by atoms with van der Waals surface area (Å²) in [5, 5.41) is 54.6. The van der Waals surface area contributed by atoms with E-state index in [1.165, 1.54) is 276 Å². The quantitative estimate of drug-likeness (QED) is 0.0195. The minimum atomic E-state index is -1.58. The molecule has 1 fully saturated rings. The SMILES string of the molecule is CCCC/C=C\C/C=C\CCCCCCCC(=O)OCCCCCCCCCCCCCCC/C=C\C/C=C\CCCCCCCCCCCCCCCCCCCC(=O)NC(COC1OC(CO)C(O)C(O)C1O)C(O)/C=C/CC/C=C/CCCCCCCCCC. The molecule has 11 heteroatoms. The average molecular weight is 1310 g/mol. The fraction of sp³-hybridized carbons (Fsp3) is 0.829. The molecule has 1 amide bonds. The molecule has 7 atom stereocenters. The molecule has 1 saturated heterocycles. The van der Waals surface area contributed by atoms with E-state index in [-0.39, 0.29) is 18.5 Å². The first-order chi connectivity index (χ1) is 45.7. The summed E-state index contributed by atoms with van der Waals surface area (Å²) in [6, 6.07) is -0.827. The van der Waals surface area contributed by atoms with Gasteiger partial charge < -0.3 is 45.1 Å². The second kappa shape index (κ2) is 70.4. The van der Waals surface area contributed by atoms with Crippen molar-refractivity contribution in [3.05, 3.63) is 72.9 Å². The Hall–Kier alpha value is -2.90. The van der Waals surface area contributed by atoms with Gasteiger partial charge in [0.25, 0.3) is 0 Å². The van der Waals surface area contributed by atoms with Gasteiger partial charge in [-0.1, -0.05) is 331 Å². The topological polar surface area (TPSA) is 175 Å². The summed E-state index contributed by atoms with van der Waals surface area (Å²) in [6.45, 7) is 4.31. The Bertz CT molecular complexity index is 1780. The number of carbonyl (C=O) groups excluding carboxylic acids is 2. The summed E-state index contributed by atoms with van der Waals surface area (Å²) in [4.78, 5) is 25.2. The molecule has 0 aliphatic carbocycles. The van der Waals surface area contributed by atoms with Gasteiger partial charge in [-0.25, -0.2) is 0 Å². The first-order valence-corrected chi connectivity index (χ1v) is 39.7. The number of unbranched alkanes of at least 4 members (excludes halogenated alkanes) is 46. The van der Waals surface area contributed by atoms with Gasteiger partial charge in [-0.15, -0.1) is 0 Å². The molecule has 11 nitrogen and oxygen atoms in total. The third-order valence-corrected chi connectivity index (χ3v) is 18.5. The van der Waals surface area contributed by atoms with Gasteiger partial charge in [0.05, 0.1) is 32.0 Å². The minimum Gasteiger partial charge on any atom is -0.466 e. The van der Waals surface area contributed by atoms with Crippen molar-refractivity contribution in [1.82, 2.24) is 5.32 Å². The number of nitrogens with one attached hydrogen (secondary N) is 1. The van der Waals surface area contributed by atoms with Crippen LogP contribution in [0.15, 0.2) is 72.9 Å². The molecule has 542 valence electrons. The molecule has 0 radical (unpaired) electrons. The van der Waals surface area contributed by atoms with E-state index in [2.05, 4.69) is 79.9 Å². The molecule has 93 heavy (non-hydrogen) atoms. The Morgan fingerprint density at radius 3 is 1.16 bits per heavy atom. The van der Waals surface area contributed by atoms with Gasteiger partial charge in [0.1, 0.15) is 24.4 Å². The highest BCUT2D eigenvalue weighted by Gasteiger charge is 2.44. The van der Waals surface area contributed by atoms with Crippen LogP contribution in [-0.2, 0) is 23.8 Å². The minimum absolute atomic E-state index is 0.00241. The molecule has 1 heterocycles. The first kappa shape index (κ1) is 88.1. The van der Waals surface area contributed by atoms with Crippen molar-refractivity contribution in [2.24, 2.45) is 0 Å². The molecular weight excluding hydrogens is 1160 g/mol. The molecule has 7 unspecified atom stereocenters. The van der Waals surface area contributed by atoms with Crippen molar-refractivity contribution in [2.45, 2.75) is 416 Å². The van der Waals surface area contributed by atoms with E-state index in [0.29, 0.717) is 19.4 Å². The molecule has 0 aromatic heterocycles. The second-order valence-corrected chi connectivity index (χ2v) is 27.4. The number of ether oxygens (including phenoxy) is 3. The molecule has 0 aromatic carbocycles. The maximum atomic E-state index is 13.1. The molecule has 1 aliphatic rings. The van der Waals surface area contributed by atoms with Gasteiger partial charge >= 0.3 is 5.97 Å². The lowest BCUT2D eigenvalue weighted by Crippen LogP contribution is -2.60. The van der Waals surface area contributed by atoms with Gasteiger partial charge in [0.15, 0.2) is 6.29 Å². The smallest absolute Gasteiger partial charge is 0.305 e. The normalized spacial score (nSPS) is 17.9. The summed E-state index contributed by atoms with van der Waals surface area (Å²) >= 11 is 0. The number of carbonyl (C=O) groups is 2. The van der Waals surface area contributed by atoms with Crippen LogP contribution in [0.4, 0.5) is 0 Å². The lowest BCUT2D eigenvalue weighted by molar-refractivity contribution is -0.302. The zero-order valence-corrected chi connectivity index (χ0v) is 60.5. The van der Waals surface area contributed by atoms with Crippen LogP contribution in [0, 0.1) is 0 Å². The van der Waals surface area contributed by atoms with Crippen LogP contribution >= 0.6 is 0 Å². The Labute approximate surface area is 572 Å². The molecule has 0 saturated carbocycles. The average Bonchev–Trinajstić information content (AvgIpc) is 0.955. The zero-order chi connectivity index (χ0) is 67.2. The van der Waals surface area contributed by atoms with Crippen LogP contribution in [0.25, 0.3) is 0 Å². The third-order valence-electron chi connectivity index (χ3n) is 18.5. The Morgan fingerprint density at radius 1 is 0.398 bits per heavy atom. The fourth-order valence-corrected chi connectivity index (χ4v) is 12.3. The summed E-state index contributed by atoms with van der Waals surface area (Å²) in [7, 11) is 0. The van der Waals surface area contributed by atoms with E-state index in [9.17, 15) is 35.1 Å². The zero-order valence-electron chi connectivity index (χ0n) is 60.5. The van der Waals surface area contributed by atoms with Crippen molar-refractivity contribution in [1.29, 1.82) is 0 Å². The van der Waals surface area contributed by atoms with Crippen molar-refractivity contribution >= 4 is 11.9 Å². The summed E-state index contributed by atoms with van der Waals surface area (Å²) in [5.74, 6) is -0.190. The van der Waals surface area contributed by atoms with Crippen LogP contribution < -0.4 is 5.32 Å². The van der Waals surface area contributed by atoms with Gasteiger partial charge in [-0.3, -0.25) is 9.59 Å². The van der Waals surface area contributed by atoms with Crippen molar-refractivity contribution in [3.63, 3.8) is 0 Å². The number of hydrogen-bond acceptors (Lipinski definition) is 10. The van der Waals surface area contributed by atoms with E-state index >= 15 is 0 Å². The van der Waals surface area contributed by atoms with E-state index in [1.54, 1.807) is 6.08 Å². The highest BCUT2D eigenvalue weighted by atomic mass is 16.7. The maximum absolute atomic E-state index is 13.1. The first-order valence-electron chi connectivity index (χ1n) is 39.7. The highest BCUT2D eigenvalue weighted by molar-refractivity contribution is 5.76. The number of aliphatic hydroxyl groups excluding tert-OH is 5. The largest absolute Gasteiger partial charge is 0.466 e. The molecular formula is C82H149NO10. The molecule has 1 aliphatic heterocycles. The van der Waals surface area contributed by atoms with Crippen molar-refractivity contribution in [3.8, 4) is 0 Å². The number of esters is 1. The number of hydrogen-bond donors (Lipinski definition) is 6. The summed E-state index contributed by atoms with van der Waals surface area (Å²) < 4.78 is 16.8. The van der Waals surface area contributed by atoms with Gasteiger partial charge in [-0.2, -0.15) is 0 Å². The van der Waals surface area contributed by atoms with Crippen molar-refractivity contribution < 1.29 is 49.3 Å². The van der Waals surface area contributed by atoms with Gasteiger partial charge in [0, 0.05) is 12.8 Å².